The second-order valence-electron chi connectivity index (χ2n) is 8.50. The molecule has 1 aromatic heterocycles. The molecule has 0 aliphatic carbocycles. The summed E-state index contributed by atoms with van der Waals surface area (Å²) in [5, 5.41) is 0.126. The average molecular weight is 534 g/mol. The van der Waals surface area contributed by atoms with Crippen LogP contribution in [-0.4, -0.2) is 45.3 Å². The largest absolute Gasteiger partial charge is 0.267 e. The first kappa shape index (κ1) is 25.6. The number of anilines is 1. The summed E-state index contributed by atoms with van der Waals surface area (Å²) >= 11 is 6.27. The second-order valence-corrected chi connectivity index (χ2v) is 12.6. The molecule has 186 valence electrons. The van der Waals surface area contributed by atoms with E-state index in [1.807, 2.05) is 19.1 Å². The number of piperidine rings is 1. The molecule has 1 aliphatic rings. The van der Waals surface area contributed by atoms with Crippen molar-refractivity contribution in [1.29, 1.82) is 0 Å². The van der Waals surface area contributed by atoms with Gasteiger partial charge in [0.05, 0.1) is 9.92 Å². The number of sulfonamides is 2. The first-order chi connectivity index (χ1) is 16.6. The zero-order chi connectivity index (χ0) is 25.2. The Balaban J connectivity index is 1.64. The maximum Gasteiger partial charge on any atom is 0.267 e. The Bertz CT molecular complexity index is 1400. The van der Waals surface area contributed by atoms with Gasteiger partial charge in [-0.1, -0.05) is 48.9 Å². The molecule has 7 nitrogen and oxygen atoms in total. The predicted molar refractivity (Wildman–Crippen MR) is 138 cm³/mol. The second kappa shape index (κ2) is 10.3. The predicted octanol–water partition coefficient (Wildman–Crippen LogP) is 4.65. The van der Waals surface area contributed by atoms with Crippen molar-refractivity contribution in [2.45, 2.75) is 48.9 Å². The monoisotopic (exact) mass is 533 g/mol. The van der Waals surface area contributed by atoms with Crippen LogP contribution in [0, 0.1) is 6.92 Å². The van der Waals surface area contributed by atoms with Gasteiger partial charge in [0.1, 0.15) is 10.7 Å². The first-order valence-corrected chi connectivity index (χ1v) is 14.7. The zero-order valence-corrected chi connectivity index (χ0v) is 22.0. The fourth-order valence-corrected chi connectivity index (χ4v) is 7.91. The summed E-state index contributed by atoms with van der Waals surface area (Å²) in [6.07, 6.45) is 1.48. The Morgan fingerprint density at radius 3 is 2.20 bits per heavy atom. The van der Waals surface area contributed by atoms with Crippen molar-refractivity contribution in [1.82, 2.24) is 9.29 Å². The van der Waals surface area contributed by atoms with Crippen molar-refractivity contribution < 1.29 is 16.8 Å². The number of nitrogens with zero attached hydrogens (tertiary/aromatic N) is 3. The number of hydrogen-bond acceptors (Lipinski definition) is 5. The van der Waals surface area contributed by atoms with Gasteiger partial charge in [-0.25, -0.2) is 26.1 Å². The van der Waals surface area contributed by atoms with E-state index in [4.69, 9.17) is 11.6 Å². The lowest BCUT2D eigenvalue weighted by Gasteiger charge is -2.38. The molecule has 1 saturated heterocycles. The van der Waals surface area contributed by atoms with Crippen LogP contribution in [-0.2, 0) is 26.5 Å². The summed E-state index contributed by atoms with van der Waals surface area (Å²) in [6, 6.07) is 17.9. The molecule has 0 amide bonds. The maximum absolute atomic E-state index is 13.8. The third-order valence-electron chi connectivity index (χ3n) is 6.20. The molecule has 0 atom stereocenters. The molecule has 0 unspecified atom stereocenters. The maximum atomic E-state index is 13.8. The van der Waals surface area contributed by atoms with Crippen molar-refractivity contribution in [3.8, 4) is 0 Å². The van der Waals surface area contributed by atoms with Gasteiger partial charge < -0.3 is 0 Å². The van der Waals surface area contributed by atoms with Gasteiger partial charge in [-0.15, -0.1) is 0 Å². The van der Waals surface area contributed by atoms with Crippen LogP contribution in [0.4, 0.5) is 5.82 Å². The molecule has 10 heteroatoms. The van der Waals surface area contributed by atoms with Gasteiger partial charge in [0.15, 0.2) is 0 Å². The van der Waals surface area contributed by atoms with Crippen LogP contribution in [0.5, 0.6) is 0 Å². The minimum Gasteiger partial charge on any atom is -0.246 e. The van der Waals surface area contributed by atoms with E-state index in [0.717, 1.165) is 12.0 Å². The number of benzene rings is 2. The van der Waals surface area contributed by atoms with Gasteiger partial charge in [0.2, 0.25) is 10.0 Å². The van der Waals surface area contributed by atoms with Crippen molar-refractivity contribution in [3.63, 3.8) is 0 Å². The number of rotatable bonds is 7. The van der Waals surface area contributed by atoms with E-state index in [2.05, 4.69) is 4.98 Å². The number of halogens is 1. The highest BCUT2D eigenvalue weighted by atomic mass is 35.5. The van der Waals surface area contributed by atoms with E-state index < -0.39 is 26.1 Å². The normalized spacial score (nSPS) is 15.7. The Hall–Kier alpha value is -2.46. The lowest BCUT2D eigenvalue weighted by atomic mass is 10.1. The SMILES string of the molecule is CCc1ccc(S(=O)(=O)N2CCC(N(c3cccc(C)n3)S(=O)(=O)c3ccccc3Cl)CC2)cc1. The number of aromatic nitrogens is 1. The minimum atomic E-state index is -4.04. The van der Waals surface area contributed by atoms with Gasteiger partial charge in [-0.3, -0.25) is 0 Å². The van der Waals surface area contributed by atoms with Crippen molar-refractivity contribution in [2.24, 2.45) is 0 Å². The third kappa shape index (κ3) is 5.23. The summed E-state index contributed by atoms with van der Waals surface area (Å²) < 4.78 is 56.7. The van der Waals surface area contributed by atoms with E-state index in [0.29, 0.717) is 24.4 Å². The molecule has 2 aromatic carbocycles. The van der Waals surface area contributed by atoms with Crippen LogP contribution in [0.25, 0.3) is 0 Å². The number of pyridine rings is 1. The molecule has 1 aliphatic heterocycles. The number of hydrogen-bond donors (Lipinski definition) is 0. The summed E-state index contributed by atoms with van der Waals surface area (Å²) in [5.74, 6) is 0.293. The minimum absolute atomic E-state index is 0.00367. The van der Waals surface area contributed by atoms with Gasteiger partial charge in [0, 0.05) is 24.8 Å². The number of aryl methyl sites for hydroxylation is 2. The molecule has 1 fully saturated rings. The Morgan fingerprint density at radius 2 is 1.60 bits per heavy atom. The molecule has 35 heavy (non-hydrogen) atoms. The van der Waals surface area contributed by atoms with Crippen LogP contribution < -0.4 is 4.31 Å². The van der Waals surface area contributed by atoms with Crippen LogP contribution in [0.3, 0.4) is 0 Å². The van der Waals surface area contributed by atoms with Gasteiger partial charge in [0.25, 0.3) is 10.0 Å². The fraction of sp³-hybridized carbons (Fsp3) is 0.320. The Kier molecular flexibility index (Phi) is 7.51. The molecule has 0 bridgehead atoms. The van der Waals surface area contributed by atoms with E-state index in [1.54, 1.807) is 49.4 Å². The van der Waals surface area contributed by atoms with E-state index in [-0.39, 0.29) is 27.9 Å². The zero-order valence-electron chi connectivity index (χ0n) is 19.6. The quantitative estimate of drug-likeness (QED) is 0.441. The first-order valence-electron chi connectivity index (χ1n) is 11.5. The highest BCUT2D eigenvalue weighted by Crippen LogP contribution is 2.33. The highest BCUT2D eigenvalue weighted by Gasteiger charge is 2.38. The third-order valence-corrected chi connectivity index (χ3v) is 10.5. The van der Waals surface area contributed by atoms with Gasteiger partial charge in [-0.2, -0.15) is 4.31 Å². The molecule has 0 N–H and O–H groups in total. The summed E-state index contributed by atoms with van der Waals surface area (Å²) in [7, 11) is -7.72. The fourth-order valence-electron chi connectivity index (χ4n) is 4.28. The molecule has 0 saturated carbocycles. The van der Waals surface area contributed by atoms with Gasteiger partial charge >= 0.3 is 0 Å². The van der Waals surface area contributed by atoms with E-state index in [1.165, 1.54) is 20.7 Å². The van der Waals surface area contributed by atoms with Gasteiger partial charge in [-0.05, 0) is 68.1 Å². The van der Waals surface area contributed by atoms with E-state index >= 15 is 0 Å². The van der Waals surface area contributed by atoms with Crippen LogP contribution >= 0.6 is 11.6 Å². The highest BCUT2D eigenvalue weighted by molar-refractivity contribution is 7.93. The molecule has 2 heterocycles. The van der Waals surface area contributed by atoms with Crippen LogP contribution in [0.15, 0.2) is 76.5 Å². The molecule has 4 rings (SSSR count). The molecule has 3 aromatic rings. The Morgan fingerprint density at radius 1 is 0.943 bits per heavy atom. The summed E-state index contributed by atoms with van der Waals surface area (Å²) in [6.45, 7) is 4.20. The summed E-state index contributed by atoms with van der Waals surface area (Å²) in [4.78, 5) is 4.71. The topological polar surface area (TPSA) is 87.7 Å². The molecular weight excluding hydrogens is 506 g/mol. The molecular formula is C25H28ClN3O4S2. The average Bonchev–Trinajstić information content (AvgIpc) is 2.84. The smallest absolute Gasteiger partial charge is 0.246 e. The summed E-state index contributed by atoms with van der Waals surface area (Å²) in [5.41, 5.74) is 1.74. The van der Waals surface area contributed by atoms with E-state index in [9.17, 15) is 16.8 Å². The van der Waals surface area contributed by atoms with Crippen molar-refractivity contribution >= 4 is 37.5 Å². The van der Waals surface area contributed by atoms with Crippen LogP contribution in [0.2, 0.25) is 5.02 Å². The van der Waals surface area contributed by atoms with Crippen molar-refractivity contribution in [3.05, 3.63) is 83.0 Å². The molecule has 0 spiro atoms. The lowest BCUT2D eigenvalue weighted by Crippen LogP contribution is -2.49. The Labute approximate surface area is 212 Å². The van der Waals surface area contributed by atoms with Crippen molar-refractivity contribution in [2.75, 3.05) is 17.4 Å². The molecule has 0 radical (unpaired) electrons. The van der Waals surface area contributed by atoms with Crippen LogP contribution in [0.1, 0.15) is 31.0 Å². The standard InChI is InChI=1S/C25H28ClN3O4S2/c1-3-20-11-13-22(14-12-20)34(30,31)28-17-15-21(16-18-28)29(25-10-6-7-19(2)27-25)35(32,33)24-9-5-4-8-23(24)26/h4-14,21H,3,15-18H2,1-2H3. The lowest BCUT2D eigenvalue weighted by molar-refractivity contribution is 0.320.